The molecule has 0 saturated heterocycles. The van der Waals surface area contributed by atoms with Crippen molar-refractivity contribution in [3.05, 3.63) is 75.3 Å². The highest BCUT2D eigenvalue weighted by atomic mass is 35.5. The predicted octanol–water partition coefficient (Wildman–Crippen LogP) is 7.13. The van der Waals surface area contributed by atoms with Gasteiger partial charge < -0.3 is 15.2 Å². The Bertz CT molecular complexity index is 1120. The third-order valence-corrected chi connectivity index (χ3v) is 4.71. The maximum Gasteiger partial charge on any atom is 0.432 e. The summed E-state index contributed by atoms with van der Waals surface area (Å²) in [6.45, 7) is 1.40. The largest absolute Gasteiger partial charge is 0.432 e. The molecular formula is C20H13Cl2F4N3O. The van der Waals surface area contributed by atoms with Crippen molar-refractivity contribution in [2.24, 2.45) is 0 Å². The number of hydrogen-bond acceptors (Lipinski definition) is 4. The van der Waals surface area contributed by atoms with E-state index in [2.05, 4.69) is 10.5 Å². The number of alkyl halides is 3. The molecule has 10 heteroatoms. The smallest absolute Gasteiger partial charge is 0.355 e. The van der Waals surface area contributed by atoms with E-state index in [0.29, 0.717) is 6.21 Å². The summed E-state index contributed by atoms with van der Waals surface area (Å²) in [5.74, 6) is -1.06. The third-order valence-electron chi connectivity index (χ3n) is 4.16. The monoisotopic (exact) mass is 457 g/mol. The molecule has 0 unspecified atom stereocenters. The van der Waals surface area contributed by atoms with Gasteiger partial charge in [-0.3, -0.25) is 0 Å². The highest BCUT2D eigenvalue weighted by Gasteiger charge is 2.38. The number of nitrogens with one attached hydrogen (secondary N) is 2. The Balaban J connectivity index is 2.18. The Morgan fingerprint density at radius 2 is 1.87 bits per heavy atom. The lowest BCUT2D eigenvalue weighted by Gasteiger charge is -2.17. The summed E-state index contributed by atoms with van der Waals surface area (Å²) in [5, 5.41) is 13.8. The molecule has 2 N–H and O–H groups in total. The Morgan fingerprint density at radius 1 is 1.17 bits per heavy atom. The minimum Gasteiger partial charge on any atom is -0.355 e. The first kappa shape index (κ1) is 21.9. The number of anilines is 1. The van der Waals surface area contributed by atoms with Crippen LogP contribution in [0.25, 0.3) is 16.8 Å². The van der Waals surface area contributed by atoms with E-state index in [-0.39, 0.29) is 38.3 Å². The van der Waals surface area contributed by atoms with Gasteiger partial charge >= 0.3 is 6.18 Å². The van der Waals surface area contributed by atoms with Crippen molar-refractivity contribution in [2.75, 3.05) is 5.32 Å². The van der Waals surface area contributed by atoms with Gasteiger partial charge in [-0.1, -0.05) is 40.5 Å². The van der Waals surface area contributed by atoms with Crippen LogP contribution in [-0.2, 0) is 0 Å². The molecule has 0 radical (unpaired) electrons. The average molecular weight is 458 g/mol. The normalized spacial score (nSPS) is 12.5. The minimum absolute atomic E-state index is 0.0198. The lowest BCUT2D eigenvalue weighted by atomic mass is 10.0. The van der Waals surface area contributed by atoms with Gasteiger partial charge in [0.2, 0.25) is 0 Å². The van der Waals surface area contributed by atoms with E-state index in [1.165, 1.54) is 43.3 Å². The van der Waals surface area contributed by atoms with Gasteiger partial charge in [0.05, 0.1) is 16.2 Å². The predicted molar refractivity (Wildman–Crippen MR) is 108 cm³/mol. The molecule has 0 aliphatic heterocycles. The van der Waals surface area contributed by atoms with Crippen LogP contribution in [0.5, 0.6) is 0 Å². The van der Waals surface area contributed by atoms with Crippen LogP contribution in [0.1, 0.15) is 11.3 Å². The van der Waals surface area contributed by atoms with Crippen LogP contribution in [0.3, 0.4) is 0 Å². The quantitative estimate of drug-likeness (QED) is 0.316. The van der Waals surface area contributed by atoms with Crippen molar-refractivity contribution in [3.63, 3.8) is 0 Å². The third kappa shape index (κ3) is 4.34. The molecular weight excluding hydrogens is 445 g/mol. The molecule has 0 spiro atoms. The Morgan fingerprint density at radius 3 is 2.47 bits per heavy atom. The number of benzene rings is 2. The topological polar surface area (TPSA) is 61.9 Å². The van der Waals surface area contributed by atoms with Crippen LogP contribution in [0.2, 0.25) is 10.0 Å². The van der Waals surface area contributed by atoms with Crippen molar-refractivity contribution in [2.45, 2.75) is 13.1 Å². The van der Waals surface area contributed by atoms with Gasteiger partial charge in [-0.05, 0) is 37.3 Å². The number of hydrogen-bond donors (Lipinski definition) is 2. The van der Waals surface area contributed by atoms with Crippen LogP contribution in [0, 0.1) is 18.2 Å². The van der Waals surface area contributed by atoms with Crippen LogP contribution >= 0.6 is 23.2 Å². The molecule has 4 nitrogen and oxygen atoms in total. The lowest BCUT2D eigenvalue weighted by molar-refractivity contribution is -0.0896. The SMILES string of the molecule is Cc1c(-c2c(F)cccc2Cl)noc1/C(C=N)=C(/Nc1cccc(Cl)c1)C(F)(F)F. The van der Waals surface area contributed by atoms with Gasteiger partial charge in [0.15, 0.2) is 5.76 Å². The van der Waals surface area contributed by atoms with E-state index in [1.807, 2.05) is 0 Å². The Labute approximate surface area is 178 Å². The van der Waals surface area contributed by atoms with Crippen LogP contribution < -0.4 is 5.32 Å². The fraction of sp³-hybridized carbons (Fsp3) is 0.100. The standard InChI is InChI=1S/C20H13Cl2F4N3O/c1-10-17(16-14(22)6-3-7-15(16)23)29-30-18(10)13(9-27)19(20(24,25)26)28-12-5-2-4-11(21)8-12/h2-9,27-28H,1H3/b19-13+,27-9?. The summed E-state index contributed by atoms with van der Waals surface area (Å²) in [4.78, 5) is 0. The molecule has 0 atom stereocenters. The van der Waals surface area contributed by atoms with E-state index in [1.54, 1.807) is 0 Å². The van der Waals surface area contributed by atoms with Crippen molar-refractivity contribution < 1.29 is 22.1 Å². The van der Waals surface area contributed by atoms with E-state index >= 15 is 0 Å². The highest BCUT2D eigenvalue weighted by molar-refractivity contribution is 6.33. The van der Waals surface area contributed by atoms with Crippen molar-refractivity contribution in [1.82, 2.24) is 5.16 Å². The number of aromatic nitrogens is 1. The van der Waals surface area contributed by atoms with Crippen molar-refractivity contribution >= 4 is 40.7 Å². The van der Waals surface area contributed by atoms with Gasteiger partial charge in [0, 0.05) is 22.5 Å². The Kier molecular flexibility index (Phi) is 6.19. The number of nitrogens with zero attached hydrogens (tertiary/aromatic N) is 1. The average Bonchev–Trinajstić information content (AvgIpc) is 3.02. The molecule has 3 rings (SSSR count). The zero-order chi connectivity index (χ0) is 22.1. The zero-order valence-electron chi connectivity index (χ0n) is 15.2. The van der Waals surface area contributed by atoms with Gasteiger partial charge in [0.1, 0.15) is 17.2 Å². The molecule has 156 valence electrons. The van der Waals surface area contributed by atoms with Crippen molar-refractivity contribution in [1.29, 1.82) is 5.41 Å². The van der Waals surface area contributed by atoms with Crippen molar-refractivity contribution in [3.8, 4) is 11.3 Å². The van der Waals surface area contributed by atoms with Crippen LogP contribution in [-0.4, -0.2) is 17.5 Å². The molecule has 0 aliphatic rings. The Hall–Kier alpha value is -2.84. The highest BCUT2D eigenvalue weighted by Crippen LogP contribution is 2.38. The molecule has 0 amide bonds. The van der Waals surface area contributed by atoms with Crippen LogP contribution in [0.15, 0.2) is 52.7 Å². The van der Waals surface area contributed by atoms with Gasteiger partial charge in [-0.25, -0.2) is 4.39 Å². The number of halogens is 6. The molecule has 0 aliphatic carbocycles. The van der Waals surface area contributed by atoms with Crippen LogP contribution in [0.4, 0.5) is 23.2 Å². The number of rotatable bonds is 5. The van der Waals surface area contributed by atoms with Gasteiger partial charge in [0.25, 0.3) is 0 Å². The maximum atomic E-state index is 14.3. The molecule has 3 aromatic rings. The first-order chi connectivity index (χ1) is 14.1. The molecule has 2 aromatic carbocycles. The van der Waals surface area contributed by atoms with E-state index in [0.717, 1.165) is 6.07 Å². The zero-order valence-corrected chi connectivity index (χ0v) is 16.8. The summed E-state index contributed by atoms with van der Waals surface area (Å²) < 4.78 is 60.8. The summed E-state index contributed by atoms with van der Waals surface area (Å²) >= 11 is 11.9. The first-order valence-corrected chi connectivity index (χ1v) is 9.14. The second-order valence-corrected chi connectivity index (χ2v) is 6.99. The molecule has 0 bridgehead atoms. The first-order valence-electron chi connectivity index (χ1n) is 8.39. The molecule has 1 aromatic heterocycles. The lowest BCUT2D eigenvalue weighted by Crippen LogP contribution is -2.21. The summed E-state index contributed by atoms with van der Waals surface area (Å²) in [6.07, 6.45) is -4.38. The molecule has 0 fully saturated rings. The molecule has 1 heterocycles. The summed E-state index contributed by atoms with van der Waals surface area (Å²) in [6, 6.07) is 9.61. The summed E-state index contributed by atoms with van der Waals surface area (Å²) in [5.41, 5.74) is -1.89. The molecule has 30 heavy (non-hydrogen) atoms. The minimum atomic E-state index is -4.87. The number of allylic oxidation sites excluding steroid dienone is 2. The fourth-order valence-corrected chi connectivity index (χ4v) is 3.24. The fourth-order valence-electron chi connectivity index (χ4n) is 2.80. The van der Waals surface area contributed by atoms with E-state index < -0.39 is 23.3 Å². The van der Waals surface area contributed by atoms with Gasteiger partial charge in [-0.15, -0.1) is 0 Å². The summed E-state index contributed by atoms with van der Waals surface area (Å²) in [7, 11) is 0. The maximum absolute atomic E-state index is 14.3. The van der Waals surface area contributed by atoms with Gasteiger partial charge in [-0.2, -0.15) is 13.2 Å². The molecule has 0 saturated carbocycles. The van der Waals surface area contributed by atoms with E-state index in [4.69, 9.17) is 33.1 Å². The van der Waals surface area contributed by atoms with E-state index in [9.17, 15) is 17.6 Å². The second kappa shape index (κ2) is 8.49. The second-order valence-electron chi connectivity index (χ2n) is 6.15.